The predicted molar refractivity (Wildman–Crippen MR) is 73.3 cm³/mol. The van der Waals surface area contributed by atoms with Gasteiger partial charge in [0.15, 0.2) is 0 Å². The summed E-state index contributed by atoms with van der Waals surface area (Å²) in [5.74, 6) is 1.54. The molecule has 17 heavy (non-hydrogen) atoms. The maximum absolute atomic E-state index is 5.38. The van der Waals surface area contributed by atoms with Crippen LogP contribution in [0.4, 0.5) is 0 Å². The maximum Gasteiger partial charge on any atom is 0.0630 e. The molecular formula is C14H30N2O. The van der Waals surface area contributed by atoms with E-state index in [9.17, 15) is 0 Å². The molecule has 1 aliphatic rings. The van der Waals surface area contributed by atoms with Crippen molar-refractivity contribution < 1.29 is 4.74 Å². The molecule has 0 spiro atoms. The SMILES string of the molecule is COCC(CNCC(C)C)N1CC(C)CC1C. The van der Waals surface area contributed by atoms with E-state index in [0.717, 1.165) is 25.6 Å². The lowest BCUT2D eigenvalue weighted by Crippen LogP contribution is -2.47. The Morgan fingerprint density at radius 3 is 2.47 bits per heavy atom. The Bertz CT molecular complexity index is 208. The zero-order valence-corrected chi connectivity index (χ0v) is 12.2. The van der Waals surface area contributed by atoms with E-state index in [4.69, 9.17) is 4.74 Å². The van der Waals surface area contributed by atoms with Crippen molar-refractivity contribution in [2.75, 3.05) is 33.4 Å². The molecule has 0 radical (unpaired) electrons. The number of nitrogens with one attached hydrogen (secondary N) is 1. The summed E-state index contributed by atoms with van der Waals surface area (Å²) in [5.41, 5.74) is 0. The standard InChI is InChI=1S/C14H30N2O/c1-11(2)7-15-8-14(10-17-5)16-9-12(3)6-13(16)4/h11-15H,6-10H2,1-5H3. The van der Waals surface area contributed by atoms with Crippen LogP contribution in [0.25, 0.3) is 0 Å². The largest absolute Gasteiger partial charge is 0.383 e. The van der Waals surface area contributed by atoms with Gasteiger partial charge in [-0.05, 0) is 31.7 Å². The molecule has 3 atom stereocenters. The van der Waals surface area contributed by atoms with E-state index in [0.29, 0.717) is 18.0 Å². The minimum Gasteiger partial charge on any atom is -0.383 e. The van der Waals surface area contributed by atoms with Crippen LogP contribution in [0.3, 0.4) is 0 Å². The summed E-state index contributed by atoms with van der Waals surface area (Å²) in [6.45, 7) is 13.4. The van der Waals surface area contributed by atoms with Crippen LogP contribution in [-0.2, 0) is 4.74 Å². The van der Waals surface area contributed by atoms with Crippen molar-refractivity contribution in [1.82, 2.24) is 10.2 Å². The van der Waals surface area contributed by atoms with Crippen LogP contribution < -0.4 is 5.32 Å². The fraction of sp³-hybridized carbons (Fsp3) is 1.00. The Labute approximate surface area is 107 Å². The fourth-order valence-electron chi connectivity index (χ4n) is 2.84. The topological polar surface area (TPSA) is 24.5 Å². The van der Waals surface area contributed by atoms with E-state index in [1.165, 1.54) is 13.0 Å². The van der Waals surface area contributed by atoms with Crippen LogP contribution in [0, 0.1) is 11.8 Å². The summed E-state index contributed by atoms with van der Waals surface area (Å²) in [5, 5.41) is 3.56. The molecule has 0 saturated carbocycles. The number of methoxy groups -OCH3 is 1. The summed E-state index contributed by atoms with van der Waals surface area (Å²) >= 11 is 0. The molecule has 1 saturated heterocycles. The lowest BCUT2D eigenvalue weighted by Gasteiger charge is -2.31. The smallest absolute Gasteiger partial charge is 0.0630 e. The van der Waals surface area contributed by atoms with Gasteiger partial charge in [-0.1, -0.05) is 20.8 Å². The summed E-state index contributed by atoms with van der Waals surface area (Å²) in [6, 6.07) is 1.23. The molecule has 102 valence electrons. The van der Waals surface area contributed by atoms with Crippen molar-refractivity contribution in [1.29, 1.82) is 0 Å². The molecule has 0 amide bonds. The molecule has 3 heteroatoms. The van der Waals surface area contributed by atoms with E-state index in [-0.39, 0.29) is 0 Å². The third-order valence-electron chi connectivity index (χ3n) is 3.59. The summed E-state index contributed by atoms with van der Waals surface area (Å²) in [7, 11) is 1.81. The quantitative estimate of drug-likeness (QED) is 0.739. The predicted octanol–water partition coefficient (Wildman–Crippen LogP) is 1.98. The zero-order chi connectivity index (χ0) is 12.8. The number of hydrogen-bond donors (Lipinski definition) is 1. The molecule has 0 aromatic heterocycles. The highest BCUT2D eigenvalue weighted by Gasteiger charge is 2.31. The van der Waals surface area contributed by atoms with Gasteiger partial charge in [0, 0.05) is 32.3 Å². The number of hydrogen-bond acceptors (Lipinski definition) is 3. The Hall–Kier alpha value is -0.120. The third-order valence-corrected chi connectivity index (χ3v) is 3.59. The van der Waals surface area contributed by atoms with Gasteiger partial charge in [-0.25, -0.2) is 0 Å². The van der Waals surface area contributed by atoms with Gasteiger partial charge < -0.3 is 10.1 Å². The van der Waals surface area contributed by atoms with Gasteiger partial charge in [0.2, 0.25) is 0 Å². The van der Waals surface area contributed by atoms with Gasteiger partial charge in [0.1, 0.15) is 0 Å². The second kappa shape index (κ2) is 7.34. The van der Waals surface area contributed by atoms with Gasteiger partial charge in [-0.2, -0.15) is 0 Å². The van der Waals surface area contributed by atoms with E-state index in [1.807, 2.05) is 0 Å². The summed E-state index contributed by atoms with van der Waals surface area (Å²) in [4.78, 5) is 2.61. The summed E-state index contributed by atoms with van der Waals surface area (Å²) < 4.78 is 5.38. The van der Waals surface area contributed by atoms with Gasteiger partial charge >= 0.3 is 0 Å². The minimum atomic E-state index is 0.527. The van der Waals surface area contributed by atoms with Gasteiger partial charge in [-0.15, -0.1) is 0 Å². The zero-order valence-electron chi connectivity index (χ0n) is 12.2. The lowest BCUT2D eigenvalue weighted by atomic mass is 10.1. The van der Waals surface area contributed by atoms with Crippen molar-refractivity contribution in [3.8, 4) is 0 Å². The molecule has 1 aliphatic heterocycles. The number of rotatable bonds is 7. The van der Waals surface area contributed by atoms with Gasteiger partial charge in [0.25, 0.3) is 0 Å². The van der Waals surface area contributed by atoms with E-state index < -0.39 is 0 Å². The molecule has 0 bridgehead atoms. The Morgan fingerprint density at radius 1 is 1.29 bits per heavy atom. The first-order chi connectivity index (χ1) is 8.04. The van der Waals surface area contributed by atoms with Crippen molar-refractivity contribution in [3.05, 3.63) is 0 Å². The van der Waals surface area contributed by atoms with Crippen LogP contribution >= 0.6 is 0 Å². The van der Waals surface area contributed by atoms with Gasteiger partial charge in [-0.3, -0.25) is 4.90 Å². The molecule has 0 aromatic carbocycles. The highest BCUT2D eigenvalue weighted by Crippen LogP contribution is 2.24. The summed E-state index contributed by atoms with van der Waals surface area (Å²) in [6.07, 6.45) is 1.32. The molecule has 0 aromatic rings. The first-order valence-corrected chi connectivity index (χ1v) is 7.00. The maximum atomic E-state index is 5.38. The molecule has 0 aliphatic carbocycles. The second-order valence-electron chi connectivity index (χ2n) is 6.05. The van der Waals surface area contributed by atoms with Crippen LogP contribution in [-0.4, -0.2) is 50.3 Å². The Balaban J connectivity index is 2.41. The van der Waals surface area contributed by atoms with Gasteiger partial charge in [0.05, 0.1) is 6.61 Å². The van der Waals surface area contributed by atoms with E-state index in [2.05, 4.69) is 37.9 Å². The Kier molecular flexibility index (Phi) is 6.45. The molecule has 1 fully saturated rings. The number of ether oxygens (including phenoxy) is 1. The minimum absolute atomic E-state index is 0.527. The first kappa shape index (κ1) is 14.9. The van der Waals surface area contributed by atoms with Crippen molar-refractivity contribution in [2.24, 2.45) is 11.8 Å². The first-order valence-electron chi connectivity index (χ1n) is 7.00. The average Bonchev–Trinajstić information content (AvgIpc) is 2.56. The van der Waals surface area contributed by atoms with Crippen molar-refractivity contribution >= 4 is 0 Å². The van der Waals surface area contributed by atoms with E-state index in [1.54, 1.807) is 7.11 Å². The molecule has 1 N–H and O–H groups in total. The molecule has 1 heterocycles. The fourth-order valence-corrected chi connectivity index (χ4v) is 2.84. The van der Waals surface area contributed by atoms with Crippen LogP contribution in [0.1, 0.15) is 34.1 Å². The normalized spacial score (nSPS) is 27.9. The van der Waals surface area contributed by atoms with E-state index >= 15 is 0 Å². The van der Waals surface area contributed by atoms with Crippen molar-refractivity contribution in [2.45, 2.75) is 46.2 Å². The third kappa shape index (κ3) is 4.94. The van der Waals surface area contributed by atoms with Crippen LogP contribution in [0.15, 0.2) is 0 Å². The lowest BCUT2D eigenvalue weighted by molar-refractivity contribution is 0.0836. The molecule has 1 rings (SSSR count). The highest BCUT2D eigenvalue weighted by molar-refractivity contribution is 4.86. The Morgan fingerprint density at radius 2 is 2.00 bits per heavy atom. The number of nitrogens with zero attached hydrogens (tertiary/aromatic N) is 1. The molecule has 3 unspecified atom stereocenters. The highest BCUT2D eigenvalue weighted by atomic mass is 16.5. The molecular weight excluding hydrogens is 212 g/mol. The average molecular weight is 242 g/mol. The number of likely N-dealkylation sites (tertiary alicyclic amines) is 1. The monoisotopic (exact) mass is 242 g/mol. The molecule has 3 nitrogen and oxygen atoms in total. The van der Waals surface area contributed by atoms with Crippen LogP contribution in [0.2, 0.25) is 0 Å². The van der Waals surface area contributed by atoms with Crippen molar-refractivity contribution in [3.63, 3.8) is 0 Å². The second-order valence-corrected chi connectivity index (χ2v) is 6.05. The van der Waals surface area contributed by atoms with Crippen LogP contribution in [0.5, 0.6) is 0 Å².